The van der Waals surface area contributed by atoms with Crippen LogP contribution >= 0.6 is 0 Å². The summed E-state index contributed by atoms with van der Waals surface area (Å²) in [5, 5.41) is 9.58. The van der Waals surface area contributed by atoms with E-state index < -0.39 is 0 Å². The van der Waals surface area contributed by atoms with E-state index in [0.29, 0.717) is 5.82 Å². The summed E-state index contributed by atoms with van der Waals surface area (Å²) < 4.78 is 0. The number of benzene rings is 1. The Labute approximate surface area is 106 Å². The van der Waals surface area contributed by atoms with E-state index in [1.54, 1.807) is 6.08 Å². The Bertz CT molecular complexity index is 570. The molecule has 0 aliphatic carbocycles. The number of hydrogen-bond acceptors (Lipinski definition) is 2. The number of anilines is 1. The Morgan fingerprint density at radius 1 is 1.28 bits per heavy atom. The van der Waals surface area contributed by atoms with E-state index in [9.17, 15) is 4.79 Å². The highest BCUT2D eigenvalue weighted by Gasteiger charge is 2.06. The molecule has 0 saturated heterocycles. The monoisotopic (exact) mass is 241 g/mol. The second kappa shape index (κ2) is 5.31. The summed E-state index contributed by atoms with van der Waals surface area (Å²) in [4.78, 5) is 11.7. The van der Waals surface area contributed by atoms with Crippen LogP contribution in [0.25, 0.3) is 6.08 Å². The number of rotatable bonds is 3. The van der Waals surface area contributed by atoms with Gasteiger partial charge < -0.3 is 5.32 Å². The summed E-state index contributed by atoms with van der Waals surface area (Å²) in [7, 11) is 0. The molecule has 2 aromatic rings. The summed E-state index contributed by atoms with van der Waals surface area (Å²) in [6.45, 7) is 3.83. The van der Waals surface area contributed by atoms with Crippen LogP contribution in [0.3, 0.4) is 0 Å². The summed E-state index contributed by atoms with van der Waals surface area (Å²) in [6, 6.07) is 9.67. The Morgan fingerprint density at radius 3 is 2.61 bits per heavy atom. The third-order valence-corrected chi connectivity index (χ3v) is 2.72. The van der Waals surface area contributed by atoms with Crippen LogP contribution in [0.4, 0.5) is 5.82 Å². The van der Waals surface area contributed by atoms with Crippen LogP contribution in [0.15, 0.2) is 36.4 Å². The van der Waals surface area contributed by atoms with Crippen molar-refractivity contribution in [1.82, 2.24) is 10.2 Å². The predicted octanol–water partition coefficient (Wildman–Crippen LogP) is 2.68. The first-order valence-corrected chi connectivity index (χ1v) is 5.72. The molecule has 1 aromatic heterocycles. The lowest BCUT2D eigenvalue weighted by atomic mass is 10.2. The van der Waals surface area contributed by atoms with E-state index in [0.717, 1.165) is 16.8 Å². The van der Waals surface area contributed by atoms with Gasteiger partial charge in [-0.2, -0.15) is 5.10 Å². The fraction of sp³-hybridized carbons (Fsp3) is 0.143. The molecular formula is C14H15N3O. The van der Waals surface area contributed by atoms with E-state index in [2.05, 4.69) is 15.5 Å². The molecule has 92 valence electrons. The van der Waals surface area contributed by atoms with Crippen LogP contribution < -0.4 is 5.32 Å². The number of aryl methyl sites for hydroxylation is 1. The molecule has 1 aromatic carbocycles. The second-order valence-corrected chi connectivity index (χ2v) is 4.06. The molecule has 0 aliphatic heterocycles. The summed E-state index contributed by atoms with van der Waals surface area (Å²) >= 11 is 0. The molecule has 2 N–H and O–H groups in total. The van der Waals surface area contributed by atoms with E-state index in [1.807, 2.05) is 44.2 Å². The average Bonchev–Trinajstić information content (AvgIpc) is 2.70. The van der Waals surface area contributed by atoms with Gasteiger partial charge in [0.25, 0.3) is 0 Å². The molecule has 0 aliphatic rings. The number of carbonyl (C=O) groups excluding carboxylic acids is 1. The van der Waals surface area contributed by atoms with Gasteiger partial charge in [-0.1, -0.05) is 30.3 Å². The van der Waals surface area contributed by atoms with Crippen molar-refractivity contribution in [2.24, 2.45) is 0 Å². The largest absolute Gasteiger partial charge is 0.305 e. The molecule has 2 rings (SSSR count). The minimum atomic E-state index is -0.187. The van der Waals surface area contributed by atoms with Crippen LogP contribution in [0.1, 0.15) is 16.8 Å². The standard InChI is InChI=1S/C14H15N3O/c1-10-11(2)16-17-14(10)15-13(18)9-8-12-6-4-3-5-7-12/h3-9H,1-2H3,(H2,15,16,17,18)/b9-8+. The van der Waals surface area contributed by atoms with Crippen LogP contribution in [-0.4, -0.2) is 16.1 Å². The first-order chi connectivity index (χ1) is 8.66. The zero-order valence-electron chi connectivity index (χ0n) is 10.4. The van der Waals surface area contributed by atoms with Crippen molar-refractivity contribution in [2.75, 3.05) is 5.32 Å². The number of H-pyrrole nitrogens is 1. The zero-order chi connectivity index (χ0) is 13.0. The SMILES string of the molecule is Cc1[nH]nc(NC(=O)/C=C/c2ccccc2)c1C. The minimum Gasteiger partial charge on any atom is -0.305 e. The molecule has 0 fully saturated rings. The smallest absolute Gasteiger partial charge is 0.249 e. The third-order valence-electron chi connectivity index (χ3n) is 2.72. The van der Waals surface area contributed by atoms with Gasteiger partial charge in [-0.15, -0.1) is 0 Å². The number of aromatic nitrogens is 2. The first kappa shape index (κ1) is 12.1. The van der Waals surface area contributed by atoms with E-state index in [-0.39, 0.29) is 5.91 Å². The molecule has 1 amide bonds. The number of carbonyl (C=O) groups is 1. The highest BCUT2D eigenvalue weighted by atomic mass is 16.1. The van der Waals surface area contributed by atoms with Crippen molar-refractivity contribution in [3.63, 3.8) is 0 Å². The van der Waals surface area contributed by atoms with Crippen molar-refractivity contribution in [2.45, 2.75) is 13.8 Å². The summed E-state index contributed by atoms with van der Waals surface area (Å²) in [5.74, 6) is 0.392. The lowest BCUT2D eigenvalue weighted by molar-refractivity contribution is -0.111. The van der Waals surface area contributed by atoms with Crippen molar-refractivity contribution in [1.29, 1.82) is 0 Å². The number of nitrogens with one attached hydrogen (secondary N) is 2. The second-order valence-electron chi connectivity index (χ2n) is 4.06. The highest BCUT2D eigenvalue weighted by molar-refractivity contribution is 6.01. The Balaban J connectivity index is 2.01. The fourth-order valence-electron chi connectivity index (χ4n) is 1.50. The maximum Gasteiger partial charge on any atom is 0.249 e. The maximum atomic E-state index is 11.7. The van der Waals surface area contributed by atoms with Crippen molar-refractivity contribution >= 4 is 17.8 Å². The number of nitrogens with zero attached hydrogens (tertiary/aromatic N) is 1. The van der Waals surface area contributed by atoms with Gasteiger partial charge in [-0.05, 0) is 25.5 Å². The highest BCUT2D eigenvalue weighted by Crippen LogP contribution is 2.13. The molecule has 18 heavy (non-hydrogen) atoms. The van der Waals surface area contributed by atoms with Crippen molar-refractivity contribution in [3.8, 4) is 0 Å². The van der Waals surface area contributed by atoms with Gasteiger partial charge in [-0.3, -0.25) is 9.89 Å². The number of aromatic amines is 1. The zero-order valence-corrected chi connectivity index (χ0v) is 10.4. The van der Waals surface area contributed by atoms with Gasteiger partial charge in [-0.25, -0.2) is 0 Å². The molecule has 0 spiro atoms. The molecule has 4 nitrogen and oxygen atoms in total. The van der Waals surface area contributed by atoms with Crippen molar-refractivity contribution < 1.29 is 4.79 Å². The van der Waals surface area contributed by atoms with Gasteiger partial charge in [0.15, 0.2) is 5.82 Å². The average molecular weight is 241 g/mol. The van der Waals surface area contributed by atoms with E-state index in [1.165, 1.54) is 6.08 Å². The quantitative estimate of drug-likeness (QED) is 0.812. The van der Waals surface area contributed by atoms with Crippen LogP contribution in [-0.2, 0) is 4.79 Å². The summed E-state index contributed by atoms with van der Waals surface area (Å²) in [5.41, 5.74) is 2.90. The molecule has 0 radical (unpaired) electrons. The molecular weight excluding hydrogens is 226 g/mol. The van der Waals surface area contributed by atoms with E-state index in [4.69, 9.17) is 0 Å². The van der Waals surface area contributed by atoms with Gasteiger partial charge in [0.2, 0.25) is 5.91 Å². The first-order valence-electron chi connectivity index (χ1n) is 5.72. The molecule has 4 heteroatoms. The predicted molar refractivity (Wildman–Crippen MR) is 72.2 cm³/mol. The Hall–Kier alpha value is -2.36. The maximum absolute atomic E-state index is 11.7. The Morgan fingerprint density at radius 2 is 2.00 bits per heavy atom. The Kier molecular flexibility index (Phi) is 3.57. The topological polar surface area (TPSA) is 57.8 Å². The lowest BCUT2D eigenvalue weighted by Gasteiger charge is -1.98. The number of hydrogen-bond donors (Lipinski definition) is 2. The van der Waals surface area contributed by atoms with Gasteiger partial charge >= 0.3 is 0 Å². The molecule has 0 atom stereocenters. The van der Waals surface area contributed by atoms with Gasteiger partial charge in [0.05, 0.1) is 0 Å². The third kappa shape index (κ3) is 2.85. The summed E-state index contributed by atoms with van der Waals surface area (Å²) in [6.07, 6.45) is 3.27. The lowest BCUT2D eigenvalue weighted by Crippen LogP contribution is -2.09. The van der Waals surface area contributed by atoms with Crippen LogP contribution in [0.2, 0.25) is 0 Å². The molecule has 0 saturated carbocycles. The van der Waals surface area contributed by atoms with Crippen molar-refractivity contribution in [3.05, 3.63) is 53.2 Å². The molecule has 1 heterocycles. The number of amides is 1. The van der Waals surface area contributed by atoms with Crippen LogP contribution in [0, 0.1) is 13.8 Å². The normalized spacial score (nSPS) is 10.8. The molecule has 0 unspecified atom stereocenters. The van der Waals surface area contributed by atoms with Gasteiger partial charge in [0, 0.05) is 17.3 Å². The van der Waals surface area contributed by atoms with E-state index >= 15 is 0 Å². The minimum absolute atomic E-state index is 0.187. The van der Waals surface area contributed by atoms with Crippen LogP contribution in [0.5, 0.6) is 0 Å². The molecule has 0 bridgehead atoms. The fourth-order valence-corrected chi connectivity index (χ4v) is 1.50. The van der Waals surface area contributed by atoms with Gasteiger partial charge in [0.1, 0.15) is 0 Å².